The highest BCUT2D eigenvalue weighted by Gasteiger charge is 2.32. The highest BCUT2D eigenvalue weighted by molar-refractivity contribution is 5.86. The van der Waals surface area contributed by atoms with Crippen LogP contribution in [0, 0.1) is 11.8 Å². The number of nitrogens with one attached hydrogen (secondary N) is 1. The molecule has 0 unspecified atom stereocenters. The van der Waals surface area contributed by atoms with Gasteiger partial charge < -0.3 is 20.1 Å². The van der Waals surface area contributed by atoms with Crippen LogP contribution in [0.2, 0.25) is 0 Å². The molecule has 7 nitrogen and oxygen atoms in total. The standard InChI is InChI=1S/C33H42N2O5/c1-3-5-16-28(21-25-14-8-6-9-15-25)33(39)40-24-30(26-17-10-7-11-18-26)34-32(38)27(13-4-2)22-31(37)35-20-12-19-29(35)23-36/h3-4,6-11,14-15,17-18,27-30,36H,1-2,5,12-13,16,19-24H2,(H,34,38)/t27-,28+,29-,30-/m0/s1. The molecule has 0 bridgehead atoms. The van der Waals surface area contributed by atoms with Gasteiger partial charge in [-0.25, -0.2) is 0 Å². The van der Waals surface area contributed by atoms with Crippen LogP contribution in [0.4, 0.5) is 0 Å². The Morgan fingerprint density at radius 3 is 2.38 bits per heavy atom. The van der Waals surface area contributed by atoms with Gasteiger partial charge in [0.1, 0.15) is 6.61 Å². The van der Waals surface area contributed by atoms with Crippen molar-refractivity contribution in [1.82, 2.24) is 10.2 Å². The number of carbonyl (C=O) groups is 3. The van der Waals surface area contributed by atoms with Gasteiger partial charge in [0.2, 0.25) is 11.8 Å². The lowest BCUT2D eigenvalue weighted by Crippen LogP contribution is -2.42. The average Bonchev–Trinajstić information content (AvgIpc) is 3.47. The molecule has 2 aromatic carbocycles. The number of amides is 2. The van der Waals surface area contributed by atoms with E-state index in [1.54, 1.807) is 17.1 Å². The van der Waals surface area contributed by atoms with Crippen LogP contribution in [-0.2, 0) is 25.5 Å². The molecule has 1 saturated heterocycles. The van der Waals surface area contributed by atoms with Gasteiger partial charge in [0.25, 0.3) is 0 Å². The van der Waals surface area contributed by atoms with Crippen LogP contribution in [0.25, 0.3) is 0 Å². The molecule has 0 aliphatic carbocycles. The lowest BCUT2D eigenvalue weighted by Gasteiger charge is -2.27. The van der Waals surface area contributed by atoms with Crippen molar-refractivity contribution in [2.75, 3.05) is 19.8 Å². The van der Waals surface area contributed by atoms with Crippen LogP contribution in [0.3, 0.4) is 0 Å². The number of hydrogen-bond donors (Lipinski definition) is 2. The molecule has 1 heterocycles. The first-order valence-electron chi connectivity index (χ1n) is 14.1. The van der Waals surface area contributed by atoms with Crippen molar-refractivity contribution in [1.29, 1.82) is 0 Å². The van der Waals surface area contributed by atoms with E-state index >= 15 is 0 Å². The Balaban J connectivity index is 1.69. The predicted molar refractivity (Wildman–Crippen MR) is 156 cm³/mol. The molecule has 40 heavy (non-hydrogen) atoms. The molecule has 0 saturated carbocycles. The summed E-state index contributed by atoms with van der Waals surface area (Å²) in [7, 11) is 0. The van der Waals surface area contributed by atoms with Crippen molar-refractivity contribution >= 4 is 17.8 Å². The van der Waals surface area contributed by atoms with Crippen LogP contribution >= 0.6 is 0 Å². The zero-order valence-electron chi connectivity index (χ0n) is 23.3. The minimum atomic E-state index is -0.620. The van der Waals surface area contributed by atoms with Crippen LogP contribution in [0.5, 0.6) is 0 Å². The minimum Gasteiger partial charge on any atom is -0.463 e. The zero-order chi connectivity index (χ0) is 28.7. The Hall–Kier alpha value is -3.71. The van der Waals surface area contributed by atoms with Gasteiger partial charge in [-0.05, 0) is 49.7 Å². The molecule has 0 spiro atoms. The summed E-state index contributed by atoms with van der Waals surface area (Å²) in [6, 6.07) is 18.4. The number of likely N-dealkylation sites (tertiary alicyclic amines) is 1. The molecule has 1 aliphatic rings. The topological polar surface area (TPSA) is 95.9 Å². The highest BCUT2D eigenvalue weighted by atomic mass is 16.5. The molecule has 2 aromatic rings. The maximum atomic E-state index is 13.4. The molecule has 1 fully saturated rings. The third-order valence-electron chi connectivity index (χ3n) is 7.44. The largest absolute Gasteiger partial charge is 0.463 e. The molecule has 4 atom stereocenters. The number of rotatable bonds is 16. The first kappa shape index (κ1) is 30.8. The minimum absolute atomic E-state index is 0.0242. The van der Waals surface area contributed by atoms with E-state index in [1.807, 2.05) is 60.7 Å². The van der Waals surface area contributed by atoms with Gasteiger partial charge in [-0.3, -0.25) is 14.4 Å². The molecule has 214 valence electrons. The summed E-state index contributed by atoms with van der Waals surface area (Å²) in [6.45, 7) is 8.04. The fraction of sp³-hybridized carbons (Fsp3) is 0.424. The first-order valence-corrected chi connectivity index (χ1v) is 14.1. The zero-order valence-corrected chi connectivity index (χ0v) is 23.3. The van der Waals surface area contributed by atoms with E-state index in [1.165, 1.54) is 0 Å². The van der Waals surface area contributed by atoms with Crippen molar-refractivity contribution in [3.8, 4) is 0 Å². The number of carbonyl (C=O) groups excluding carboxylic acids is 3. The number of ether oxygens (including phenoxy) is 1. The number of aliphatic hydroxyl groups is 1. The summed E-state index contributed by atoms with van der Waals surface area (Å²) >= 11 is 0. The monoisotopic (exact) mass is 546 g/mol. The molecule has 3 rings (SSSR count). The summed E-state index contributed by atoms with van der Waals surface area (Å²) in [4.78, 5) is 41.3. The second kappa shape index (κ2) is 16.4. The second-order valence-corrected chi connectivity index (χ2v) is 10.3. The summed E-state index contributed by atoms with van der Waals surface area (Å²) in [5, 5.41) is 12.6. The number of allylic oxidation sites excluding steroid dienone is 2. The number of benzene rings is 2. The maximum absolute atomic E-state index is 13.4. The second-order valence-electron chi connectivity index (χ2n) is 10.3. The van der Waals surface area contributed by atoms with Gasteiger partial charge in [0.15, 0.2) is 0 Å². The maximum Gasteiger partial charge on any atom is 0.309 e. The van der Waals surface area contributed by atoms with Crippen molar-refractivity contribution in [3.05, 3.63) is 97.1 Å². The number of hydrogen-bond acceptors (Lipinski definition) is 5. The van der Waals surface area contributed by atoms with E-state index in [4.69, 9.17) is 4.74 Å². The molecule has 2 N–H and O–H groups in total. The Labute approximate surface area is 237 Å². The van der Waals surface area contributed by atoms with Gasteiger partial charge in [0, 0.05) is 13.0 Å². The number of esters is 1. The third-order valence-corrected chi connectivity index (χ3v) is 7.44. The van der Waals surface area contributed by atoms with Crippen molar-refractivity contribution < 1.29 is 24.2 Å². The number of aliphatic hydroxyl groups excluding tert-OH is 1. The molecule has 2 amide bonds. The normalized spacial score (nSPS) is 16.9. The summed E-state index contributed by atoms with van der Waals surface area (Å²) in [5.41, 5.74) is 1.86. The fourth-order valence-corrected chi connectivity index (χ4v) is 5.17. The molecule has 0 radical (unpaired) electrons. The van der Waals surface area contributed by atoms with Gasteiger partial charge in [-0.15, -0.1) is 13.2 Å². The Kier molecular flexibility index (Phi) is 12.6. The van der Waals surface area contributed by atoms with E-state index in [-0.39, 0.29) is 49.4 Å². The van der Waals surface area contributed by atoms with Crippen molar-refractivity contribution in [2.24, 2.45) is 11.8 Å². The van der Waals surface area contributed by atoms with Gasteiger partial charge in [0.05, 0.1) is 30.5 Å². The van der Waals surface area contributed by atoms with Gasteiger partial charge >= 0.3 is 5.97 Å². The predicted octanol–water partition coefficient (Wildman–Crippen LogP) is 4.78. The number of nitrogens with zero attached hydrogens (tertiary/aromatic N) is 1. The van der Waals surface area contributed by atoms with Crippen molar-refractivity contribution in [2.45, 2.75) is 57.0 Å². The van der Waals surface area contributed by atoms with Crippen LogP contribution < -0.4 is 5.32 Å². The summed E-state index contributed by atoms with van der Waals surface area (Å²) < 4.78 is 5.81. The van der Waals surface area contributed by atoms with E-state index in [9.17, 15) is 19.5 Å². The van der Waals surface area contributed by atoms with E-state index in [0.717, 1.165) is 24.0 Å². The molecular formula is C33H42N2O5. The van der Waals surface area contributed by atoms with Crippen LogP contribution in [0.1, 0.15) is 55.7 Å². The van der Waals surface area contributed by atoms with Crippen molar-refractivity contribution in [3.63, 3.8) is 0 Å². The van der Waals surface area contributed by atoms with E-state index in [2.05, 4.69) is 18.5 Å². The third kappa shape index (κ3) is 9.19. The van der Waals surface area contributed by atoms with E-state index < -0.39 is 12.0 Å². The Morgan fingerprint density at radius 1 is 1.02 bits per heavy atom. The Bertz CT molecular complexity index is 1100. The molecule has 1 aliphatic heterocycles. The lowest BCUT2D eigenvalue weighted by atomic mass is 9.94. The van der Waals surface area contributed by atoms with Crippen LogP contribution in [0.15, 0.2) is 86.0 Å². The summed E-state index contributed by atoms with van der Waals surface area (Å²) in [5.74, 6) is -1.72. The average molecular weight is 547 g/mol. The fourth-order valence-electron chi connectivity index (χ4n) is 5.17. The SMILES string of the molecule is C=CCC[C@H](Cc1ccccc1)C(=O)OC[C@H](NC(=O)[C@@H](CC=C)CC(=O)N1CCC[C@H]1CO)c1ccccc1. The molecule has 7 heteroatoms. The smallest absolute Gasteiger partial charge is 0.309 e. The van der Waals surface area contributed by atoms with Crippen LogP contribution in [-0.4, -0.2) is 53.6 Å². The molecule has 0 aromatic heterocycles. The highest BCUT2D eigenvalue weighted by Crippen LogP contribution is 2.23. The first-order chi connectivity index (χ1) is 19.5. The lowest BCUT2D eigenvalue weighted by molar-refractivity contribution is -0.150. The Morgan fingerprint density at radius 2 is 1.73 bits per heavy atom. The quantitative estimate of drug-likeness (QED) is 0.233. The van der Waals surface area contributed by atoms with E-state index in [0.29, 0.717) is 32.2 Å². The molecular weight excluding hydrogens is 504 g/mol. The summed E-state index contributed by atoms with van der Waals surface area (Å²) in [6.07, 6.45) is 7.26. The van der Waals surface area contributed by atoms with Gasteiger partial charge in [-0.1, -0.05) is 72.8 Å². The van der Waals surface area contributed by atoms with Gasteiger partial charge in [-0.2, -0.15) is 0 Å².